The van der Waals surface area contributed by atoms with Crippen molar-refractivity contribution in [2.45, 2.75) is 0 Å². The lowest BCUT2D eigenvalue weighted by atomic mass is 10.2. The minimum absolute atomic E-state index is 0.685. The van der Waals surface area contributed by atoms with Crippen LogP contribution in [-0.4, -0.2) is 15.2 Å². The van der Waals surface area contributed by atoms with Crippen LogP contribution in [0.1, 0.15) is 0 Å². The molecule has 0 saturated heterocycles. The molecule has 1 N–H and O–H groups in total. The third kappa shape index (κ3) is 1.97. The van der Waals surface area contributed by atoms with Gasteiger partial charge in [0, 0.05) is 5.56 Å². The maximum atomic E-state index is 6.05. The van der Waals surface area contributed by atoms with Crippen molar-refractivity contribution in [2.24, 2.45) is 0 Å². The van der Waals surface area contributed by atoms with E-state index in [-0.39, 0.29) is 0 Å². The van der Waals surface area contributed by atoms with Crippen LogP contribution in [0.5, 0.6) is 0 Å². The summed E-state index contributed by atoms with van der Waals surface area (Å²) >= 11 is 7.60. The van der Waals surface area contributed by atoms with Crippen LogP contribution in [0.3, 0.4) is 0 Å². The van der Waals surface area contributed by atoms with Gasteiger partial charge in [-0.25, -0.2) is 4.98 Å². The van der Waals surface area contributed by atoms with Crippen molar-refractivity contribution in [3.8, 4) is 22.1 Å². The number of aromatic nitrogens is 3. The summed E-state index contributed by atoms with van der Waals surface area (Å²) in [6.07, 6.45) is 0. The van der Waals surface area contributed by atoms with Gasteiger partial charge in [-0.2, -0.15) is 5.10 Å². The fourth-order valence-electron chi connectivity index (χ4n) is 1.54. The molecule has 0 spiro atoms. The van der Waals surface area contributed by atoms with Crippen molar-refractivity contribution in [1.82, 2.24) is 15.2 Å². The third-order valence-corrected chi connectivity index (χ3v) is 3.70. The molecule has 3 nitrogen and oxygen atoms in total. The van der Waals surface area contributed by atoms with Crippen molar-refractivity contribution in [3.63, 3.8) is 0 Å². The van der Waals surface area contributed by atoms with Crippen molar-refractivity contribution in [2.75, 3.05) is 0 Å². The first-order valence-corrected chi connectivity index (χ1v) is 6.31. The largest absolute Gasteiger partial charge is 0.258 e. The van der Waals surface area contributed by atoms with Crippen LogP contribution in [0.25, 0.3) is 22.1 Å². The Morgan fingerprint density at radius 2 is 1.94 bits per heavy atom. The highest BCUT2D eigenvalue weighted by Crippen LogP contribution is 2.31. The molecule has 0 fully saturated rings. The van der Waals surface area contributed by atoms with Crippen molar-refractivity contribution < 1.29 is 0 Å². The van der Waals surface area contributed by atoms with Gasteiger partial charge in [0.05, 0.1) is 9.90 Å². The Balaban J connectivity index is 2.02. The minimum Gasteiger partial charge on any atom is -0.258 e. The van der Waals surface area contributed by atoms with Crippen molar-refractivity contribution in [3.05, 3.63) is 46.8 Å². The van der Waals surface area contributed by atoms with Gasteiger partial charge in [0.15, 0.2) is 11.6 Å². The van der Waals surface area contributed by atoms with Gasteiger partial charge in [0.25, 0.3) is 0 Å². The number of nitrogens with zero attached hydrogens (tertiary/aromatic N) is 2. The molecular formula is C12H8ClN3S. The Bertz CT molecular complexity index is 630. The summed E-state index contributed by atoms with van der Waals surface area (Å²) in [5, 5.41) is 9.74. The maximum absolute atomic E-state index is 6.05. The van der Waals surface area contributed by atoms with E-state index < -0.39 is 0 Å². The molecule has 3 aromatic rings. The fraction of sp³-hybridized carbons (Fsp3) is 0. The second-order valence-electron chi connectivity index (χ2n) is 3.47. The molecular weight excluding hydrogens is 254 g/mol. The molecule has 0 atom stereocenters. The number of nitrogens with one attached hydrogen (secondary N) is 1. The van der Waals surface area contributed by atoms with E-state index in [1.54, 1.807) is 11.3 Å². The lowest BCUT2D eigenvalue weighted by Crippen LogP contribution is -1.79. The monoisotopic (exact) mass is 261 g/mol. The van der Waals surface area contributed by atoms with Gasteiger partial charge in [0.1, 0.15) is 0 Å². The molecule has 5 heteroatoms. The molecule has 2 heterocycles. The van der Waals surface area contributed by atoms with E-state index in [0.717, 1.165) is 10.4 Å². The molecule has 0 unspecified atom stereocenters. The number of hydrogen-bond donors (Lipinski definition) is 1. The highest BCUT2D eigenvalue weighted by atomic mass is 35.5. The SMILES string of the molecule is Clc1ccsc1-c1nc(-c2ccccc2)n[nH]1. The number of thiophene rings is 1. The van der Waals surface area contributed by atoms with Gasteiger partial charge in [-0.3, -0.25) is 5.10 Å². The van der Waals surface area contributed by atoms with E-state index in [1.807, 2.05) is 41.8 Å². The lowest BCUT2D eigenvalue weighted by Gasteiger charge is -1.92. The highest BCUT2D eigenvalue weighted by molar-refractivity contribution is 7.14. The molecule has 0 saturated carbocycles. The average molecular weight is 262 g/mol. The van der Waals surface area contributed by atoms with Crippen LogP contribution in [-0.2, 0) is 0 Å². The summed E-state index contributed by atoms with van der Waals surface area (Å²) in [7, 11) is 0. The van der Waals surface area contributed by atoms with Crippen molar-refractivity contribution >= 4 is 22.9 Å². The van der Waals surface area contributed by atoms with Crippen LogP contribution in [0, 0.1) is 0 Å². The van der Waals surface area contributed by atoms with Gasteiger partial charge in [0.2, 0.25) is 0 Å². The summed E-state index contributed by atoms with van der Waals surface area (Å²) in [6.45, 7) is 0. The third-order valence-electron chi connectivity index (χ3n) is 2.35. The maximum Gasteiger partial charge on any atom is 0.181 e. The van der Waals surface area contributed by atoms with Crippen LogP contribution < -0.4 is 0 Å². The number of hydrogen-bond acceptors (Lipinski definition) is 3. The number of halogens is 1. The predicted octanol–water partition coefficient (Wildman–Crippen LogP) is 3.85. The normalized spacial score (nSPS) is 10.6. The Kier molecular flexibility index (Phi) is 2.66. The van der Waals surface area contributed by atoms with Gasteiger partial charge < -0.3 is 0 Å². The number of benzene rings is 1. The number of aromatic amines is 1. The quantitative estimate of drug-likeness (QED) is 0.761. The second kappa shape index (κ2) is 4.31. The second-order valence-corrected chi connectivity index (χ2v) is 4.79. The molecule has 0 aliphatic rings. The summed E-state index contributed by atoms with van der Waals surface area (Å²) in [4.78, 5) is 5.36. The highest BCUT2D eigenvalue weighted by Gasteiger charge is 2.11. The van der Waals surface area contributed by atoms with Crippen LogP contribution in [0.2, 0.25) is 5.02 Å². The molecule has 0 aliphatic heterocycles. The molecule has 0 bridgehead atoms. The van der Waals surface area contributed by atoms with Gasteiger partial charge in [-0.1, -0.05) is 41.9 Å². The first-order valence-electron chi connectivity index (χ1n) is 5.06. The van der Waals surface area contributed by atoms with Gasteiger partial charge in [-0.15, -0.1) is 11.3 Å². The molecule has 1 aromatic carbocycles. The topological polar surface area (TPSA) is 41.6 Å². The van der Waals surface area contributed by atoms with Crippen molar-refractivity contribution in [1.29, 1.82) is 0 Å². The van der Waals surface area contributed by atoms with E-state index >= 15 is 0 Å². The lowest BCUT2D eigenvalue weighted by molar-refractivity contribution is 1.10. The van der Waals surface area contributed by atoms with Gasteiger partial charge in [-0.05, 0) is 11.4 Å². The van der Waals surface area contributed by atoms with Crippen LogP contribution >= 0.6 is 22.9 Å². The molecule has 84 valence electrons. The molecule has 0 amide bonds. The molecule has 3 rings (SSSR count). The molecule has 0 aliphatic carbocycles. The molecule has 2 aromatic heterocycles. The van der Waals surface area contributed by atoms with E-state index in [1.165, 1.54) is 0 Å². The zero-order valence-electron chi connectivity index (χ0n) is 8.72. The zero-order chi connectivity index (χ0) is 11.7. The summed E-state index contributed by atoms with van der Waals surface area (Å²) in [5.74, 6) is 1.40. The Morgan fingerprint density at radius 1 is 1.12 bits per heavy atom. The van der Waals surface area contributed by atoms with E-state index in [9.17, 15) is 0 Å². The molecule has 17 heavy (non-hydrogen) atoms. The summed E-state index contributed by atoms with van der Waals surface area (Å²) in [5.41, 5.74) is 0.989. The fourth-order valence-corrected chi connectivity index (χ4v) is 2.63. The Morgan fingerprint density at radius 3 is 2.65 bits per heavy atom. The number of rotatable bonds is 2. The van der Waals surface area contributed by atoms with E-state index in [4.69, 9.17) is 11.6 Å². The van der Waals surface area contributed by atoms with Crippen LogP contribution in [0.15, 0.2) is 41.8 Å². The predicted molar refractivity (Wildman–Crippen MR) is 70.1 cm³/mol. The number of H-pyrrole nitrogens is 1. The first kappa shape index (κ1) is 10.5. The summed E-state index contributed by atoms with van der Waals surface area (Å²) < 4.78 is 0. The smallest absolute Gasteiger partial charge is 0.181 e. The minimum atomic E-state index is 0.685. The van der Waals surface area contributed by atoms with E-state index in [0.29, 0.717) is 16.7 Å². The Labute approximate surface area is 107 Å². The zero-order valence-corrected chi connectivity index (χ0v) is 10.3. The average Bonchev–Trinajstić information content (AvgIpc) is 2.98. The van der Waals surface area contributed by atoms with Gasteiger partial charge >= 0.3 is 0 Å². The standard InChI is InChI=1S/C12H8ClN3S/c13-9-6-7-17-10(9)12-14-11(15-16-12)8-4-2-1-3-5-8/h1-7H,(H,14,15,16). The first-order chi connectivity index (χ1) is 8.34. The molecule has 0 radical (unpaired) electrons. The summed E-state index contributed by atoms with van der Waals surface area (Å²) in [6, 6.07) is 11.7. The van der Waals surface area contributed by atoms with Crippen LogP contribution in [0.4, 0.5) is 0 Å². The van der Waals surface area contributed by atoms with E-state index in [2.05, 4.69) is 15.2 Å². The Hall–Kier alpha value is -1.65.